The lowest BCUT2D eigenvalue weighted by molar-refractivity contribution is 0.0962. The van der Waals surface area contributed by atoms with Crippen molar-refractivity contribution in [3.05, 3.63) is 29.7 Å². The fraction of sp³-hybridized carbons (Fsp3) is 0.467. The average Bonchev–Trinajstić information content (AvgIpc) is 2.96. The van der Waals surface area contributed by atoms with Gasteiger partial charge in [-0.3, -0.25) is 4.79 Å². The van der Waals surface area contributed by atoms with Crippen molar-refractivity contribution in [2.45, 2.75) is 28.9 Å². The fourth-order valence-electron chi connectivity index (χ4n) is 2.70. The van der Waals surface area contributed by atoms with Gasteiger partial charge >= 0.3 is 0 Å². The molecule has 130 valence electrons. The summed E-state index contributed by atoms with van der Waals surface area (Å²) in [7, 11) is 3.60. The summed E-state index contributed by atoms with van der Waals surface area (Å²) in [5.41, 5.74) is 0.589. The fourth-order valence-corrected chi connectivity index (χ4v) is 3.49. The van der Waals surface area contributed by atoms with E-state index in [2.05, 4.69) is 25.8 Å². The van der Waals surface area contributed by atoms with E-state index in [1.807, 2.05) is 11.6 Å². The van der Waals surface area contributed by atoms with E-state index < -0.39 is 0 Å². The molecule has 0 spiro atoms. The Hall–Kier alpha value is -1.64. The van der Waals surface area contributed by atoms with E-state index in [4.69, 9.17) is 0 Å². The van der Waals surface area contributed by atoms with Crippen LogP contribution in [0.1, 0.15) is 34.9 Å². The van der Waals surface area contributed by atoms with Gasteiger partial charge < -0.3 is 15.2 Å². The zero-order valence-electron chi connectivity index (χ0n) is 13.7. The van der Waals surface area contributed by atoms with Crippen LogP contribution in [-0.4, -0.2) is 45.8 Å². The van der Waals surface area contributed by atoms with Crippen LogP contribution in [0.25, 0.3) is 0 Å². The Bertz CT molecular complexity index is 701. The summed E-state index contributed by atoms with van der Waals surface area (Å²) in [6.45, 7) is 2.05. The minimum absolute atomic E-state index is 0. The van der Waals surface area contributed by atoms with Gasteiger partial charge in [-0.2, -0.15) is 0 Å². The van der Waals surface area contributed by atoms with Gasteiger partial charge in [0.25, 0.3) is 5.91 Å². The summed E-state index contributed by atoms with van der Waals surface area (Å²) in [4.78, 5) is 16.0. The van der Waals surface area contributed by atoms with Crippen LogP contribution in [0, 0.1) is 0 Å². The molecule has 0 saturated carbocycles. The van der Waals surface area contributed by atoms with Gasteiger partial charge in [0, 0.05) is 31.8 Å². The predicted octanol–water partition coefficient (Wildman–Crippen LogP) is 1.61. The van der Waals surface area contributed by atoms with Crippen molar-refractivity contribution in [1.82, 2.24) is 30.4 Å². The van der Waals surface area contributed by atoms with Gasteiger partial charge in [0.2, 0.25) is 0 Å². The van der Waals surface area contributed by atoms with Gasteiger partial charge in [0.15, 0.2) is 5.16 Å². The van der Waals surface area contributed by atoms with Crippen molar-refractivity contribution in [2.24, 2.45) is 7.05 Å². The van der Waals surface area contributed by atoms with Crippen LogP contribution >= 0.6 is 24.2 Å². The van der Waals surface area contributed by atoms with Crippen molar-refractivity contribution >= 4 is 30.1 Å². The molecular formula is C15H21ClN6OS. The smallest absolute Gasteiger partial charge is 0.251 e. The van der Waals surface area contributed by atoms with E-state index in [1.54, 1.807) is 25.4 Å². The number of halogens is 1. The van der Waals surface area contributed by atoms with Crippen LogP contribution in [0.5, 0.6) is 0 Å². The maximum Gasteiger partial charge on any atom is 0.251 e. The lowest BCUT2D eigenvalue weighted by Crippen LogP contribution is -2.27. The summed E-state index contributed by atoms with van der Waals surface area (Å²) in [5.74, 6) is 1.35. The standard InChI is InChI=1S/C15H20N6OS.ClH/c1-16-14(22)11-5-8-18-12(9-11)23-15-20-19-13(21(15)2)10-3-6-17-7-4-10;/h5,8-10,17H,3-4,6-7H2,1-2H3,(H,16,22);1H. The molecule has 0 aromatic carbocycles. The highest BCUT2D eigenvalue weighted by Crippen LogP contribution is 2.29. The number of pyridine rings is 1. The molecule has 0 atom stereocenters. The lowest BCUT2D eigenvalue weighted by Gasteiger charge is -2.21. The molecule has 1 aliphatic rings. The Morgan fingerprint density at radius 2 is 2.12 bits per heavy atom. The average molecular weight is 369 g/mol. The highest BCUT2D eigenvalue weighted by molar-refractivity contribution is 7.99. The molecule has 1 saturated heterocycles. The topological polar surface area (TPSA) is 84.7 Å². The molecule has 24 heavy (non-hydrogen) atoms. The van der Waals surface area contributed by atoms with E-state index in [0.29, 0.717) is 11.5 Å². The summed E-state index contributed by atoms with van der Waals surface area (Å²) >= 11 is 1.42. The molecule has 1 aliphatic heterocycles. The molecule has 0 aliphatic carbocycles. The molecule has 9 heteroatoms. The lowest BCUT2D eigenvalue weighted by atomic mass is 9.97. The minimum atomic E-state index is -0.123. The predicted molar refractivity (Wildman–Crippen MR) is 94.8 cm³/mol. The molecule has 2 N–H and O–H groups in total. The van der Waals surface area contributed by atoms with E-state index >= 15 is 0 Å². The van der Waals surface area contributed by atoms with Crippen LogP contribution in [0.4, 0.5) is 0 Å². The van der Waals surface area contributed by atoms with Crippen LogP contribution in [0.15, 0.2) is 28.5 Å². The largest absolute Gasteiger partial charge is 0.355 e. The van der Waals surface area contributed by atoms with E-state index in [9.17, 15) is 4.79 Å². The quantitative estimate of drug-likeness (QED) is 0.852. The van der Waals surface area contributed by atoms with Crippen LogP contribution in [0.2, 0.25) is 0 Å². The third kappa shape index (κ3) is 4.06. The molecule has 7 nitrogen and oxygen atoms in total. The van der Waals surface area contributed by atoms with Crippen LogP contribution in [-0.2, 0) is 7.05 Å². The molecule has 3 heterocycles. The zero-order valence-corrected chi connectivity index (χ0v) is 15.3. The van der Waals surface area contributed by atoms with Gasteiger partial charge in [0.05, 0.1) is 0 Å². The summed E-state index contributed by atoms with van der Waals surface area (Å²) in [5, 5.41) is 16.2. The number of amides is 1. The monoisotopic (exact) mass is 368 g/mol. The van der Waals surface area contributed by atoms with Gasteiger partial charge in [0.1, 0.15) is 10.9 Å². The molecule has 1 fully saturated rings. The first-order valence-electron chi connectivity index (χ1n) is 7.65. The van der Waals surface area contributed by atoms with E-state index in [0.717, 1.165) is 41.9 Å². The maximum atomic E-state index is 11.7. The highest BCUT2D eigenvalue weighted by atomic mass is 35.5. The Labute approximate surface area is 151 Å². The van der Waals surface area contributed by atoms with Crippen molar-refractivity contribution in [3.63, 3.8) is 0 Å². The van der Waals surface area contributed by atoms with Gasteiger partial charge in [-0.15, -0.1) is 22.6 Å². The molecule has 0 unspecified atom stereocenters. The molecule has 2 aromatic heterocycles. The number of nitrogens with one attached hydrogen (secondary N) is 2. The maximum absolute atomic E-state index is 11.7. The first kappa shape index (κ1) is 18.7. The van der Waals surface area contributed by atoms with Gasteiger partial charge in [-0.1, -0.05) is 0 Å². The van der Waals surface area contributed by atoms with E-state index in [-0.39, 0.29) is 18.3 Å². The number of hydrogen-bond acceptors (Lipinski definition) is 6. The Morgan fingerprint density at radius 1 is 1.38 bits per heavy atom. The molecule has 3 rings (SSSR count). The van der Waals surface area contributed by atoms with Gasteiger partial charge in [-0.25, -0.2) is 4.98 Å². The zero-order chi connectivity index (χ0) is 16.2. The molecule has 1 amide bonds. The second-order valence-corrected chi connectivity index (χ2v) is 6.48. The Morgan fingerprint density at radius 3 is 2.83 bits per heavy atom. The number of aromatic nitrogens is 4. The Balaban J connectivity index is 0.00000208. The number of rotatable bonds is 4. The second-order valence-electron chi connectivity index (χ2n) is 5.49. The number of nitrogens with zero attached hydrogens (tertiary/aromatic N) is 4. The summed E-state index contributed by atoms with van der Waals surface area (Å²) in [6, 6.07) is 3.46. The summed E-state index contributed by atoms with van der Waals surface area (Å²) < 4.78 is 2.04. The first-order chi connectivity index (χ1) is 11.2. The summed E-state index contributed by atoms with van der Waals surface area (Å²) in [6.07, 6.45) is 3.80. The SMILES string of the molecule is CNC(=O)c1ccnc(Sc2nnc(C3CCNCC3)n2C)c1.Cl. The number of carbonyl (C=O) groups is 1. The number of carbonyl (C=O) groups excluding carboxylic acids is 1. The number of hydrogen-bond donors (Lipinski definition) is 2. The Kier molecular flexibility index (Phi) is 6.59. The van der Waals surface area contributed by atoms with Crippen molar-refractivity contribution < 1.29 is 4.79 Å². The minimum Gasteiger partial charge on any atom is -0.355 e. The molecular weight excluding hydrogens is 348 g/mol. The third-order valence-electron chi connectivity index (χ3n) is 3.99. The van der Waals surface area contributed by atoms with Crippen molar-refractivity contribution in [3.8, 4) is 0 Å². The first-order valence-corrected chi connectivity index (χ1v) is 8.46. The third-order valence-corrected chi connectivity index (χ3v) is 4.96. The van der Waals surface area contributed by atoms with Crippen LogP contribution < -0.4 is 10.6 Å². The second kappa shape index (κ2) is 8.46. The molecule has 0 bridgehead atoms. The molecule has 0 radical (unpaired) electrons. The highest BCUT2D eigenvalue weighted by Gasteiger charge is 2.22. The van der Waals surface area contributed by atoms with Gasteiger partial charge in [-0.05, 0) is 49.8 Å². The van der Waals surface area contributed by atoms with Crippen LogP contribution in [0.3, 0.4) is 0 Å². The van der Waals surface area contributed by atoms with E-state index in [1.165, 1.54) is 11.8 Å². The van der Waals surface area contributed by atoms with Crippen molar-refractivity contribution in [2.75, 3.05) is 20.1 Å². The molecule has 2 aromatic rings. The normalized spacial score (nSPS) is 14.9. The van der Waals surface area contributed by atoms with Crippen molar-refractivity contribution in [1.29, 1.82) is 0 Å². The number of piperidine rings is 1.